The number of Topliss-reactive ketones (excluding diaryl/α,β-unsaturated/α-hetero) is 1. The summed E-state index contributed by atoms with van der Waals surface area (Å²) in [4.78, 5) is 37.0. The number of carbonyl (C=O) groups is 2. The van der Waals surface area contributed by atoms with Crippen LogP contribution in [0.5, 0.6) is 11.5 Å². The van der Waals surface area contributed by atoms with E-state index in [9.17, 15) is 14.4 Å². The molecule has 0 aliphatic rings. The van der Waals surface area contributed by atoms with Gasteiger partial charge in [-0.15, -0.1) is 0 Å². The molecule has 3 rings (SSSR count). The fourth-order valence-corrected chi connectivity index (χ4v) is 2.75. The maximum Gasteiger partial charge on any atom is 0.359 e. The third-order valence-electron chi connectivity index (χ3n) is 4.42. The molecule has 160 valence electrons. The van der Waals surface area contributed by atoms with Gasteiger partial charge in [-0.3, -0.25) is 9.59 Å². The number of benzene rings is 2. The van der Waals surface area contributed by atoms with Crippen LogP contribution in [0.15, 0.2) is 71.5 Å². The normalized spacial score (nSPS) is 11.4. The fourth-order valence-electron chi connectivity index (χ4n) is 2.75. The summed E-state index contributed by atoms with van der Waals surface area (Å²) < 4.78 is 17.0. The fraction of sp³-hybridized carbons (Fsp3) is 0.217. The van der Waals surface area contributed by atoms with E-state index < -0.39 is 12.1 Å². The highest BCUT2D eigenvalue weighted by molar-refractivity contribution is 6.01. The molecule has 1 aromatic heterocycles. The minimum atomic E-state index is -1.02. The van der Waals surface area contributed by atoms with Gasteiger partial charge in [0.15, 0.2) is 11.8 Å². The highest BCUT2D eigenvalue weighted by Gasteiger charge is 2.21. The Morgan fingerprint density at radius 3 is 2.35 bits per heavy atom. The van der Waals surface area contributed by atoms with Gasteiger partial charge >= 0.3 is 5.97 Å². The quantitative estimate of drug-likeness (QED) is 0.386. The molecule has 0 saturated carbocycles. The highest BCUT2D eigenvalue weighted by Crippen LogP contribution is 2.14. The van der Waals surface area contributed by atoms with Gasteiger partial charge in [-0.1, -0.05) is 18.2 Å². The number of rotatable bonds is 9. The summed E-state index contributed by atoms with van der Waals surface area (Å²) in [5.41, 5.74) is -0.0682. The van der Waals surface area contributed by atoms with Crippen molar-refractivity contribution in [3.8, 4) is 11.5 Å². The zero-order valence-corrected chi connectivity index (χ0v) is 17.2. The number of carbonyl (C=O) groups excluding carboxylic acids is 2. The second kappa shape index (κ2) is 10.2. The Balaban J connectivity index is 1.62. The molecule has 0 amide bonds. The molecule has 0 N–H and O–H groups in total. The summed E-state index contributed by atoms with van der Waals surface area (Å²) in [6, 6.07) is 18.1. The standard InChI is InChI=1S/C23H22N2O6/c1-16(22(27)17-8-10-18(29-2)11-9-17)31-23(28)20-12-13-21(26)25(24-20)14-15-30-19-6-4-3-5-7-19/h3-13,16H,14-15H2,1-2H3. The number of methoxy groups -OCH3 is 1. The molecule has 0 saturated heterocycles. The number of ketones is 1. The molecule has 0 fully saturated rings. The summed E-state index contributed by atoms with van der Waals surface area (Å²) in [6.45, 7) is 1.82. The smallest absolute Gasteiger partial charge is 0.359 e. The molecule has 31 heavy (non-hydrogen) atoms. The van der Waals surface area contributed by atoms with Gasteiger partial charge in [0.1, 0.15) is 18.1 Å². The van der Waals surface area contributed by atoms with E-state index in [-0.39, 0.29) is 30.2 Å². The number of aromatic nitrogens is 2. The first kappa shape index (κ1) is 21.8. The average molecular weight is 422 g/mol. The van der Waals surface area contributed by atoms with Crippen LogP contribution in [0.4, 0.5) is 0 Å². The summed E-state index contributed by atoms with van der Waals surface area (Å²) in [7, 11) is 1.53. The number of ether oxygens (including phenoxy) is 3. The molecule has 1 heterocycles. The predicted molar refractivity (Wildman–Crippen MR) is 113 cm³/mol. The number of hydrogen-bond donors (Lipinski definition) is 0. The first-order valence-corrected chi connectivity index (χ1v) is 9.63. The summed E-state index contributed by atoms with van der Waals surface area (Å²) in [6.07, 6.45) is -1.02. The Kier molecular flexibility index (Phi) is 7.16. The van der Waals surface area contributed by atoms with Gasteiger partial charge in [0, 0.05) is 11.6 Å². The van der Waals surface area contributed by atoms with E-state index in [0.717, 1.165) is 4.68 Å². The van der Waals surface area contributed by atoms with Crippen LogP contribution in [-0.4, -0.2) is 41.4 Å². The summed E-state index contributed by atoms with van der Waals surface area (Å²) >= 11 is 0. The Labute approximate surface area is 179 Å². The van der Waals surface area contributed by atoms with E-state index in [2.05, 4.69) is 5.10 Å². The van der Waals surface area contributed by atoms with Crippen LogP contribution in [0.3, 0.4) is 0 Å². The monoisotopic (exact) mass is 422 g/mol. The molecule has 0 spiro atoms. The zero-order chi connectivity index (χ0) is 22.2. The molecule has 2 aromatic carbocycles. The minimum absolute atomic E-state index is 0.0753. The molecule has 1 unspecified atom stereocenters. The third-order valence-corrected chi connectivity index (χ3v) is 4.42. The molecule has 1 atom stereocenters. The van der Waals surface area contributed by atoms with Crippen molar-refractivity contribution < 1.29 is 23.8 Å². The number of para-hydroxylation sites is 1. The molecule has 8 nitrogen and oxygen atoms in total. The van der Waals surface area contributed by atoms with Crippen LogP contribution in [0, 0.1) is 0 Å². The van der Waals surface area contributed by atoms with E-state index in [4.69, 9.17) is 14.2 Å². The lowest BCUT2D eigenvalue weighted by molar-refractivity contribution is 0.0310. The lowest BCUT2D eigenvalue weighted by atomic mass is 10.1. The second-order valence-corrected chi connectivity index (χ2v) is 6.58. The third kappa shape index (κ3) is 5.79. The summed E-state index contributed by atoms with van der Waals surface area (Å²) in [5.74, 6) is 0.119. The Hall–Kier alpha value is -3.94. The molecule has 0 aliphatic heterocycles. The van der Waals surface area contributed by atoms with E-state index in [0.29, 0.717) is 17.1 Å². The van der Waals surface area contributed by atoms with Crippen LogP contribution in [-0.2, 0) is 11.3 Å². The number of nitrogens with zero attached hydrogens (tertiary/aromatic N) is 2. The van der Waals surface area contributed by atoms with Crippen LogP contribution >= 0.6 is 0 Å². The molecule has 8 heteroatoms. The summed E-state index contributed by atoms with van der Waals surface area (Å²) in [5, 5.41) is 4.03. The van der Waals surface area contributed by atoms with Gasteiger partial charge in [-0.2, -0.15) is 5.10 Å². The molecular formula is C23H22N2O6. The lowest BCUT2D eigenvalue weighted by Crippen LogP contribution is -2.29. The minimum Gasteiger partial charge on any atom is -0.497 e. The number of esters is 1. The van der Waals surface area contributed by atoms with Crippen molar-refractivity contribution in [2.75, 3.05) is 13.7 Å². The van der Waals surface area contributed by atoms with Crippen molar-refractivity contribution in [3.63, 3.8) is 0 Å². The van der Waals surface area contributed by atoms with Gasteiger partial charge < -0.3 is 14.2 Å². The maximum absolute atomic E-state index is 12.5. The second-order valence-electron chi connectivity index (χ2n) is 6.58. The SMILES string of the molecule is COc1ccc(C(=O)C(C)OC(=O)c2ccc(=O)n(CCOc3ccccc3)n2)cc1. The van der Waals surface area contributed by atoms with Crippen molar-refractivity contribution in [1.82, 2.24) is 9.78 Å². The van der Waals surface area contributed by atoms with Gasteiger partial charge in [-0.25, -0.2) is 9.48 Å². The van der Waals surface area contributed by atoms with Crippen LogP contribution < -0.4 is 15.0 Å². The molecule has 0 aliphatic carbocycles. The van der Waals surface area contributed by atoms with E-state index >= 15 is 0 Å². The van der Waals surface area contributed by atoms with Gasteiger partial charge in [0.25, 0.3) is 5.56 Å². The molecule has 3 aromatic rings. The molecule has 0 radical (unpaired) electrons. The number of hydrogen-bond acceptors (Lipinski definition) is 7. The van der Waals surface area contributed by atoms with Gasteiger partial charge in [0.05, 0.1) is 13.7 Å². The molecule has 0 bridgehead atoms. The Morgan fingerprint density at radius 1 is 0.968 bits per heavy atom. The Morgan fingerprint density at radius 2 is 1.68 bits per heavy atom. The topological polar surface area (TPSA) is 96.7 Å². The first-order valence-electron chi connectivity index (χ1n) is 9.63. The maximum atomic E-state index is 12.5. The van der Waals surface area contributed by atoms with E-state index in [1.807, 2.05) is 18.2 Å². The predicted octanol–water partition coefficient (Wildman–Crippen LogP) is 2.76. The lowest BCUT2D eigenvalue weighted by Gasteiger charge is -2.13. The van der Waals surface area contributed by atoms with Crippen molar-refractivity contribution in [2.24, 2.45) is 0 Å². The van der Waals surface area contributed by atoms with Crippen molar-refractivity contribution >= 4 is 11.8 Å². The van der Waals surface area contributed by atoms with Crippen LogP contribution in [0.2, 0.25) is 0 Å². The van der Waals surface area contributed by atoms with Gasteiger partial charge in [0.2, 0.25) is 5.78 Å². The van der Waals surface area contributed by atoms with E-state index in [1.165, 1.54) is 26.2 Å². The largest absolute Gasteiger partial charge is 0.497 e. The van der Waals surface area contributed by atoms with Gasteiger partial charge in [-0.05, 0) is 49.4 Å². The molecular weight excluding hydrogens is 400 g/mol. The van der Waals surface area contributed by atoms with Crippen molar-refractivity contribution in [2.45, 2.75) is 19.6 Å². The zero-order valence-electron chi connectivity index (χ0n) is 17.2. The van der Waals surface area contributed by atoms with Crippen molar-refractivity contribution in [1.29, 1.82) is 0 Å². The van der Waals surface area contributed by atoms with Crippen molar-refractivity contribution in [3.05, 3.63) is 88.3 Å². The van der Waals surface area contributed by atoms with Crippen LogP contribution in [0.1, 0.15) is 27.8 Å². The first-order chi connectivity index (χ1) is 15.0. The van der Waals surface area contributed by atoms with Crippen LogP contribution in [0.25, 0.3) is 0 Å². The highest BCUT2D eigenvalue weighted by atomic mass is 16.5. The Bertz CT molecular complexity index is 1090. The van der Waals surface area contributed by atoms with E-state index in [1.54, 1.807) is 36.4 Å². The average Bonchev–Trinajstić information content (AvgIpc) is 2.80.